The predicted octanol–water partition coefficient (Wildman–Crippen LogP) is 2.21. The van der Waals surface area contributed by atoms with Gasteiger partial charge in [0.05, 0.1) is 5.75 Å². The molecule has 0 saturated carbocycles. The van der Waals surface area contributed by atoms with Crippen LogP contribution in [0.4, 0.5) is 5.69 Å². The number of benzene rings is 1. The van der Waals surface area contributed by atoms with Gasteiger partial charge < -0.3 is 5.73 Å². The van der Waals surface area contributed by atoms with Crippen LogP contribution in [0.25, 0.3) is 0 Å². The molecule has 17 heavy (non-hydrogen) atoms. The van der Waals surface area contributed by atoms with Crippen LogP contribution >= 0.6 is 34.2 Å². The van der Waals surface area contributed by atoms with Crippen LogP contribution in [0.5, 0.6) is 0 Å². The molecule has 0 aliphatic carbocycles. The molecule has 0 aliphatic heterocycles. The summed E-state index contributed by atoms with van der Waals surface area (Å²) in [5, 5.41) is 0. The molecule has 2 N–H and O–H groups in total. The van der Waals surface area contributed by atoms with Gasteiger partial charge >= 0.3 is 0 Å². The second-order valence-electron chi connectivity index (χ2n) is 3.37. The van der Waals surface area contributed by atoms with Gasteiger partial charge in [-0.3, -0.25) is 4.79 Å². The lowest BCUT2D eigenvalue weighted by molar-refractivity contribution is 0.100. The van der Waals surface area contributed by atoms with Crippen molar-refractivity contribution in [3.05, 3.63) is 29.8 Å². The summed E-state index contributed by atoms with van der Waals surface area (Å²) in [5.41, 5.74) is 6.10. The molecule has 4 nitrogen and oxygen atoms in total. The summed E-state index contributed by atoms with van der Waals surface area (Å²) in [6, 6.07) is 6.07. The Morgan fingerprint density at radius 2 is 2.12 bits per heavy atom. The first-order chi connectivity index (χ1) is 7.72. The molecular weight excluding hydrogens is 377 g/mol. The molecule has 1 atom stereocenters. The Kier molecular flexibility index (Phi) is 4.43. The normalized spacial score (nSPS) is 15.2. The van der Waals surface area contributed by atoms with Crippen molar-refractivity contribution in [1.82, 2.24) is 0 Å². The number of nitrogen functional groups attached to an aromatic ring is 1. The van der Waals surface area contributed by atoms with Crippen molar-refractivity contribution in [2.45, 2.75) is 9.14 Å². The van der Waals surface area contributed by atoms with Gasteiger partial charge in [-0.25, -0.2) is 8.42 Å². The van der Waals surface area contributed by atoms with E-state index < -0.39 is 17.8 Å². The zero-order valence-electron chi connectivity index (χ0n) is 8.98. The van der Waals surface area contributed by atoms with E-state index >= 15 is 0 Å². The molecule has 1 unspecified atom stereocenters. The number of anilines is 1. The van der Waals surface area contributed by atoms with Crippen molar-refractivity contribution in [2.75, 3.05) is 11.5 Å². The van der Waals surface area contributed by atoms with Gasteiger partial charge in [0.25, 0.3) is 2.21 Å². The third-order valence-electron chi connectivity index (χ3n) is 2.18. The summed E-state index contributed by atoms with van der Waals surface area (Å²) < 4.78 is 21.5. The highest BCUT2D eigenvalue weighted by atomic mass is 127. The largest absolute Gasteiger partial charge is 0.399 e. The van der Waals surface area contributed by atoms with E-state index in [0.29, 0.717) is 5.69 Å². The fraction of sp³-hybridized carbons (Fsp3) is 0.300. The lowest BCUT2D eigenvalue weighted by Gasteiger charge is -2.18. The Balaban J connectivity index is 3.23. The summed E-state index contributed by atoms with van der Waals surface area (Å²) >= 11 is 7.32. The highest BCUT2D eigenvalue weighted by molar-refractivity contribution is 14.1. The van der Waals surface area contributed by atoms with Crippen LogP contribution in [0.15, 0.2) is 24.3 Å². The van der Waals surface area contributed by atoms with Gasteiger partial charge in [-0.05, 0) is 34.7 Å². The molecule has 0 radical (unpaired) electrons. The monoisotopic (exact) mass is 387 g/mol. The SMILES string of the molecule is CCS(=O)(=O)C(Cl)(I)C(=O)c1cccc(N)c1. The zero-order valence-corrected chi connectivity index (χ0v) is 12.7. The van der Waals surface area contributed by atoms with Gasteiger partial charge in [-0.15, -0.1) is 0 Å². The van der Waals surface area contributed by atoms with E-state index in [1.165, 1.54) is 41.6 Å². The molecule has 0 saturated heterocycles. The molecule has 94 valence electrons. The average molecular weight is 388 g/mol. The number of alkyl halides is 2. The topological polar surface area (TPSA) is 77.2 Å². The Morgan fingerprint density at radius 3 is 2.59 bits per heavy atom. The van der Waals surface area contributed by atoms with Crippen molar-refractivity contribution in [3.8, 4) is 0 Å². The van der Waals surface area contributed by atoms with E-state index in [1.807, 2.05) is 0 Å². The van der Waals surface area contributed by atoms with E-state index in [2.05, 4.69) is 0 Å². The highest BCUT2D eigenvalue weighted by Crippen LogP contribution is 2.35. The molecule has 0 fully saturated rings. The third kappa shape index (κ3) is 2.92. The maximum Gasteiger partial charge on any atom is 0.257 e. The first kappa shape index (κ1) is 14.7. The molecular formula is C10H11ClINO3S. The van der Waals surface area contributed by atoms with E-state index in [4.69, 9.17) is 17.3 Å². The zero-order chi connectivity index (χ0) is 13.3. The number of hydrogen-bond acceptors (Lipinski definition) is 4. The number of carbonyl (C=O) groups excluding carboxylic acids is 1. The van der Waals surface area contributed by atoms with Crippen LogP contribution in [-0.2, 0) is 9.84 Å². The van der Waals surface area contributed by atoms with Gasteiger partial charge in [0.2, 0.25) is 5.78 Å². The first-order valence-corrected chi connectivity index (χ1v) is 7.83. The van der Waals surface area contributed by atoms with Gasteiger partial charge in [0, 0.05) is 11.3 Å². The average Bonchev–Trinajstić information content (AvgIpc) is 2.27. The molecule has 0 aliphatic rings. The quantitative estimate of drug-likeness (QED) is 0.372. The Bertz CT molecular complexity index is 542. The lowest BCUT2D eigenvalue weighted by Crippen LogP contribution is -2.36. The molecule has 0 amide bonds. The molecule has 0 bridgehead atoms. The van der Waals surface area contributed by atoms with Crippen molar-refractivity contribution in [3.63, 3.8) is 0 Å². The second-order valence-corrected chi connectivity index (χ2v) is 9.57. The molecule has 0 spiro atoms. The minimum absolute atomic E-state index is 0.187. The smallest absolute Gasteiger partial charge is 0.257 e. The highest BCUT2D eigenvalue weighted by Gasteiger charge is 2.45. The number of Topliss-reactive ketones (excluding diaryl/α,β-unsaturated/α-hetero) is 1. The van der Waals surface area contributed by atoms with Crippen molar-refractivity contribution >= 4 is 55.5 Å². The van der Waals surface area contributed by atoms with Crippen LogP contribution in [0.2, 0.25) is 0 Å². The van der Waals surface area contributed by atoms with Gasteiger partial charge in [-0.2, -0.15) is 0 Å². The van der Waals surface area contributed by atoms with Gasteiger partial charge in [0.1, 0.15) is 0 Å². The van der Waals surface area contributed by atoms with Crippen LogP contribution in [0.1, 0.15) is 17.3 Å². The number of ketones is 1. The standard InChI is InChI=1S/C10H11ClINO3S/c1-2-17(15,16)10(11,12)9(14)7-4-3-5-8(13)6-7/h3-6H,2,13H2,1H3. The van der Waals surface area contributed by atoms with Crippen molar-refractivity contribution in [2.24, 2.45) is 0 Å². The summed E-state index contributed by atoms with van der Waals surface area (Å²) in [6.45, 7) is 1.44. The molecule has 1 aromatic carbocycles. The number of nitrogens with two attached hydrogens (primary N) is 1. The van der Waals surface area contributed by atoms with Crippen LogP contribution in [0, 0.1) is 0 Å². The summed E-state index contributed by atoms with van der Waals surface area (Å²) in [6.07, 6.45) is 0. The number of hydrogen-bond donors (Lipinski definition) is 1. The lowest BCUT2D eigenvalue weighted by atomic mass is 10.1. The van der Waals surface area contributed by atoms with Gasteiger partial charge in [0.15, 0.2) is 9.84 Å². The molecule has 0 aromatic heterocycles. The predicted molar refractivity (Wildman–Crippen MR) is 77.2 cm³/mol. The van der Waals surface area contributed by atoms with Crippen molar-refractivity contribution in [1.29, 1.82) is 0 Å². The van der Waals surface area contributed by atoms with E-state index in [0.717, 1.165) is 0 Å². The van der Waals surface area contributed by atoms with E-state index in [-0.39, 0.29) is 11.3 Å². The van der Waals surface area contributed by atoms with E-state index in [9.17, 15) is 13.2 Å². The molecule has 1 aromatic rings. The second kappa shape index (κ2) is 5.11. The number of rotatable bonds is 4. The maximum atomic E-state index is 12.1. The first-order valence-electron chi connectivity index (χ1n) is 4.73. The number of sulfone groups is 1. The van der Waals surface area contributed by atoms with Gasteiger partial charge in [-0.1, -0.05) is 30.7 Å². The Labute approximate surface area is 119 Å². The van der Waals surface area contributed by atoms with Crippen LogP contribution in [-0.4, -0.2) is 22.2 Å². The number of carbonyl (C=O) groups is 1. The minimum Gasteiger partial charge on any atom is -0.399 e. The maximum absolute atomic E-state index is 12.1. The Hall–Kier alpha value is -0.340. The molecule has 1 rings (SSSR count). The molecule has 7 heteroatoms. The minimum atomic E-state index is -3.70. The van der Waals surface area contributed by atoms with Crippen molar-refractivity contribution < 1.29 is 13.2 Å². The molecule has 0 heterocycles. The van der Waals surface area contributed by atoms with Crippen LogP contribution < -0.4 is 5.73 Å². The van der Waals surface area contributed by atoms with E-state index in [1.54, 1.807) is 12.1 Å². The van der Waals surface area contributed by atoms with Crippen LogP contribution in [0.3, 0.4) is 0 Å². The number of halogens is 2. The third-order valence-corrected chi connectivity index (χ3v) is 7.29. The summed E-state index contributed by atoms with van der Waals surface area (Å²) in [5.74, 6) is -0.873. The fourth-order valence-corrected chi connectivity index (χ4v) is 3.62. The Morgan fingerprint density at radius 1 is 1.53 bits per heavy atom. The fourth-order valence-electron chi connectivity index (χ4n) is 1.17. The summed E-state index contributed by atoms with van der Waals surface area (Å²) in [7, 11) is -3.70. The summed E-state index contributed by atoms with van der Waals surface area (Å²) in [4.78, 5) is 12.1.